The highest BCUT2D eigenvalue weighted by Crippen LogP contribution is 2.38. The van der Waals surface area contributed by atoms with E-state index in [1.165, 1.54) is 16.7 Å². The van der Waals surface area contributed by atoms with Gasteiger partial charge in [0.2, 0.25) is 0 Å². The third kappa shape index (κ3) is 4.92. The van der Waals surface area contributed by atoms with Crippen LogP contribution in [0.25, 0.3) is 6.08 Å². The molecule has 3 aromatic rings. The number of carbonyl (C=O) groups excluding carboxylic acids is 1. The molecule has 31 heavy (non-hydrogen) atoms. The van der Waals surface area contributed by atoms with Gasteiger partial charge in [-0.2, -0.15) is 0 Å². The van der Waals surface area contributed by atoms with E-state index >= 15 is 0 Å². The predicted octanol–water partition coefficient (Wildman–Crippen LogP) is 7.63. The molecule has 0 bridgehead atoms. The minimum atomic E-state index is -0.228. The summed E-state index contributed by atoms with van der Waals surface area (Å²) in [7, 11) is 0. The van der Waals surface area contributed by atoms with E-state index in [1.807, 2.05) is 48.5 Å². The normalized spacial score (nSPS) is 15.1. The van der Waals surface area contributed by atoms with Crippen LogP contribution in [0.5, 0.6) is 5.75 Å². The first kappa shape index (κ1) is 22.2. The lowest BCUT2D eigenvalue weighted by atomic mass is 10.1. The van der Waals surface area contributed by atoms with Crippen LogP contribution in [0.2, 0.25) is 15.1 Å². The van der Waals surface area contributed by atoms with Gasteiger partial charge in [-0.3, -0.25) is 9.69 Å². The highest BCUT2D eigenvalue weighted by atomic mass is 35.5. The molecule has 3 aromatic carbocycles. The standard InChI is InChI=1S/C23H14Cl3NO2S2/c24-17-7-3-1-6-15(17)13-29-20-8-4-2-5-14(20)11-21-22(28)27(23(30)31-21)16-9-10-18(25)19(26)12-16/h1-12H,13H2/b21-11+. The second-order valence-corrected chi connectivity index (χ2v) is 9.43. The van der Waals surface area contributed by atoms with Crippen LogP contribution in [0.1, 0.15) is 11.1 Å². The average Bonchev–Trinajstić information content (AvgIpc) is 3.03. The second kappa shape index (κ2) is 9.63. The number of carbonyl (C=O) groups is 1. The van der Waals surface area contributed by atoms with Gasteiger partial charge in [0, 0.05) is 16.1 Å². The monoisotopic (exact) mass is 505 g/mol. The summed E-state index contributed by atoms with van der Waals surface area (Å²) in [4.78, 5) is 15.0. The molecule has 0 N–H and O–H groups in total. The molecule has 0 spiro atoms. The first-order valence-electron chi connectivity index (χ1n) is 9.12. The van der Waals surface area contributed by atoms with Crippen LogP contribution < -0.4 is 9.64 Å². The van der Waals surface area contributed by atoms with Crippen LogP contribution in [0, 0.1) is 0 Å². The molecule has 0 aliphatic carbocycles. The van der Waals surface area contributed by atoms with Gasteiger partial charge in [-0.15, -0.1) is 0 Å². The molecule has 156 valence electrons. The van der Waals surface area contributed by atoms with E-state index in [9.17, 15) is 4.79 Å². The average molecular weight is 507 g/mol. The molecule has 3 nitrogen and oxygen atoms in total. The minimum absolute atomic E-state index is 0.228. The maximum atomic E-state index is 13.1. The number of nitrogens with zero attached hydrogens (tertiary/aromatic N) is 1. The zero-order valence-electron chi connectivity index (χ0n) is 15.8. The van der Waals surface area contributed by atoms with Crippen molar-refractivity contribution >= 4 is 80.8 Å². The largest absolute Gasteiger partial charge is 0.488 e. The molecule has 0 unspecified atom stereocenters. The Labute approximate surface area is 204 Å². The smallest absolute Gasteiger partial charge is 0.270 e. The summed E-state index contributed by atoms with van der Waals surface area (Å²) in [5, 5.41) is 1.41. The van der Waals surface area contributed by atoms with Gasteiger partial charge in [-0.25, -0.2) is 0 Å². The van der Waals surface area contributed by atoms with Crippen LogP contribution >= 0.6 is 58.8 Å². The van der Waals surface area contributed by atoms with Gasteiger partial charge in [0.05, 0.1) is 20.6 Å². The lowest BCUT2D eigenvalue weighted by molar-refractivity contribution is -0.113. The topological polar surface area (TPSA) is 29.5 Å². The molecule has 1 saturated heterocycles. The van der Waals surface area contributed by atoms with Crippen LogP contribution in [-0.4, -0.2) is 10.2 Å². The maximum absolute atomic E-state index is 13.1. The van der Waals surface area contributed by atoms with E-state index in [-0.39, 0.29) is 5.91 Å². The number of amides is 1. The van der Waals surface area contributed by atoms with Gasteiger partial charge in [-0.05, 0) is 36.4 Å². The number of hydrogen-bond donors (Lipinski definition) is 0. The molecule has 1 aliphatic rings. The van der Waals surface area contributed by atoms with Crippen molar-refractivity contribution in [1.29, 1.82) is 0 Å². The van der Waals surface area contributed by atoms with Gasteiger partial charge >= 0.3 is 0 Å². The molecule has 0 atom stereocenters. The SMILES string of the molecule is O=C1/C(=C\c2ccccc2OCc2ccccc2Cl)SC(=S)N1c1ccc(Cl)c(Cl)c1. The van der Waals surface area contributed by atoms with Gasteiger partial charge in [0.25, 0.3) is 5.91 Å². The fourth-order valence-corrected chi connectivity index (χ4v) is 4.73. The highest BCUT2D eigenvalue weighted by molar-refractivity contribution is 8.27. The summed E-state index contributed by atoms with van der Waals surface area (Å²) >= 11 is 25.0. The molecule has 1 amide bonds. The van der Waals surface area contributed by atoms with Gasteiger partial charge in [0.1, 0.15) is 12.4 Å². The Morgan fingerprint density at radius 2 is 1.68 bits per heavy atom. The van der Waals surface area contributed by atoms with Crippen molar-refractivity contribution in [1.82, 2.24) is 0 Å². The van der Waals surface area contributed by atoms with Crippen molar-refractivity contribution in [2.45, 2.75) is 6.61 Å². The Kier molecular flexibility index (Phi) is 6.89. The van der Waals surface area contributed by atoms with Crippen LogP contribution in [-0.2, 0) is 11.4 Å². The molecule has 4 rings (SSSR count). The van der Waals surface area contributed by atoms with Gasteiger partial charge in [-0.1, -0.05) is 95.2 Å². The molecule has 0 radical (unpaired) electrons. The van der Waals surface area contributed by atoms with E-state index in [0.717, 1.165) is 11.1 Å². The molecule has 0 aromatic heterocycles. The first-order valence-corrected chi connectivity index (χ1v) is 11.5. The summed E-state index contributed by atoms with van der Waals surface area (Å²) in [5.74, 6) is 0.413. The molecule has 1 aliphatic heterocycles. The third-order valence-corrected chi connectivity index (χ3v) is 6.91. The summed E-state index contributed by atoms with van der Waals surface area (Å²) in [6, 6.07) is 20.0. The number of benzene rings is 3. The lowest BCUT2D eigenvalue weighted by Gasteiger charge is -2.15. The van der Waals surface area contributed by atoms with Gasteiger partial charge < -0.3 is 4.74 Å². The summed E-state index contributed by atoms with van der Waals surface area (Å²) in [5.41, 5.74) is 2.22. The number of thioether (sulfide) groups is 1. The van der Waals surface area contributed by atoms with Crippen LogP contribution in [0.3, 0.4) is 0 Å². The predicted molar refractivity (Wildman–Crippen MR) is 134 cm³/mol. The van der Waals surface area contributed by atoms with Crippen molar-refractivity contribution in [2.24, 2.45) is 0 Å². The minimum Gasteiger partial charge on any atom is -0.488 e. The number of thiocarbonyl (C=S) groups is 1. The Morgan fingerprint density at radius 3 is 2.45 bits per heavy atom. The number of hydrogen-bond acceptors (Lipinski definition) is 4. The number of halogens is 3. The molecule has 1 fully saturated rings. The van der Waals surface area contributed by atoms with E-state index in [1.54, 1.807) is 24.3 Å². The maximum Gasteiger partial charge on any atom is 0.270 e. The quantitative estimate of drug-likeness (QED) is 0.263. The fraction of sp³-hybridized carbons (Fsp3) is 0.0435. The molecule has 8 heteroatoms. The Morgan fingerprint density at radius 1 is 0.935 bits per heavy atom. The first-order chi connectivity index (χ1) is 14.9. The molecule has 1 heterocycles. The van der Waals surface area contributed by atoms with E-state index < -0.39 is 0 Å². The molecular weight excluding hydrogens is 493 g/mol. The zero-order valence-corrected chi connectivity index (χ0v) is 19.8. The number of ether oxygens (including phenoxy) is 1. The number of anilines is 1. The van der Waals surface area contributed by atoms with E-state index in [0.29, 0.717) is 42.3 Å². The summed E-state index contributed by atoms with van der Waals surface area (Å²) < 4.78 is 6.41. The Hall–Kier alpha value is -2.02. The number of rotatable bonds is 5. The Bertz CT molecular complexity index is 1210. The fourth-order valence-electron chi connectivity index (χ4n) is 2.96. The van der Waals surface area contributed by atoms with Crippen molar-refractivity contribution in [2.75, 3.05) is 4.90 Å². The molecular formula is C23H14Cl3NO2S2. The summed E-state index contributed by atoms with van der Waals surface area (Å²) in [6.45, 7) is 0.314. The van der Waals surface area contributed by atoms with E-state index in [2.05, 4.69) is 0 Å². The lowest BCUT2D eigenvalue weighted by Crippen LogP contribution is -2.27. The summed E-state index contributed by atoms with van der Waals surface area (Å²) in [6.07, 6.45) is 1.78. The molecule has 0 saturated carbocycles. The van der Waals surface area contributed by atoms with Crippen molar-refractivity contribution in [3.63, 3.8) is 0 Å². The zero-order chi connectivity index (χ0) is 22.0. The Balaban J connectivity index is 1.59. The van der Waals surface area contributed by atoms with Crippen LogP contribution in [0.4, 0.5) is 5.69 Å². The third-order valence-electron chi connectivity index (χ3n) is 4.50. The van der Waals surface area contributed by atoms with E-state index in [4.69, 9.17) is 51.8 Å². The van der Waals surface area contributed by atoms with Crippen molar-refractivity contribution in [3.8, 4) is 5.75 Å². The highest BCUT2D eigenvalue weighted by Gasteiger charge is 2.33. The van der Waals surface area contributed by atoms with Crippen LogP contribution in [0.15, 0.2) is 71.6 Å². The number of para-hydroxylation sites is 1. The second-order valence-electron chi connectivity index (χ2n) is 6.53. The van der Waals surface area contributed by atoms with Crippen molar-refractivity contribution < 1.29 is 9.53 Å². The van der Waals surface area contributed by atoms with Gasteiger partial charge in [0.15, 0.2) is 4.32 Å². The van der Waals surface area contributed by atoms with Crippen molar-refractivity contribution in [3.05, 3.63) is 97.8 Å².